The van der Waals surface area contributed by atoms with Gasteiger partial charge in [0.05, 0.1) is 11.6 Å². The standard InChI is InChI=1S/C28H33ClN4O6S/c29-23-9-19(3-4-25(23)40(30,36)37)27(34)32-12-21-14-33(15-22(21)13-32)28(35)20-10-24(18-1-2-18)31-26(11-20)39-16-17-5-7-38-8-6-17/h3-4,9-11,17-18,21-22H,1-2,5-8,12-16H2,(H2,30,36,37)/t21-,22-/m0/s1. The van der Waals surface area contributed by atoms with Gasteiger partial charge in [-0.3, -0.25) is 9.59 Å². The lowest BCUT2D eigenvalue weighted by atomic mass is 10.0. The van der Waals surface area contributed by atoms with Gasteiger partial charge in [-0.1, -0.05) is 11.6 Å². The summed E-state index contributed by atoms with van der Waals surface area (Å²) in [6.07, 6.45) is 4.10. The predicted molar refractivity (Wildman–Crippen MR) is 147 cm³/mol. The molecule has 2 amide bonds. The number of benzene rings is 1. The Hall–Kier alpha value is -2.73. The van der Waals surface area contributed by atoms with Crippen molar-refractivity contribution < 1.29 is 27.5 Å². The summed E-state index contributed by atoms with van der Waals surface area (Å²) in [5.41, 5.74) is 1.84. The molecule has 0 bridgehead atoms. The second-order valence-electron chi connectivity index (χ2n) is 11.4. The summed E-state index contributed by atoms with van der Waals surface area (Å²) in [7, 11) is -3.97. The highest BCUT2D eigenvalue weighted by Crippen LogP contribution is 2.40. The molecule has 1 aromatic carbocycles. The Labute approximate surface area is 238 Å². The zero-order chi connectivity index (χ0) is 28.0. The van der Waals surface area contributed by atoms with Crippen LogP contribution in [-0.4, -0.2) is 81.0 Å². The number of pyridine rings is 1. The Balaban J connectivity index is 1.10. The van der Waals surface area contributed by atoms with Crippen LogP contribution in [0.25, 0.3) is 0 Å². The molecule has 2 N–H and O–H groups in total. The average Bonchev–Trinajstić information content (AvgIpc) is 3.60. The van der Waals surface area contributed by atoms with Crippen LogP contribution in [0, 0.1) is 17.8 Å². The number of nitrogens with zero attached hydrogens (tertiary/aromatic N) is 3. The van der Waals surface area contributed by atoms with Gasteiger partial charge in [0, 0.05) is 80.0 Å². The molecule has 12 heteroatoms. The Morgan fingerprint density at radius 3 is 2.15 bits per heavy atom. The molecule has 0 spiro atoms. The highest BCUT2D eigenvalue weighted by Gasteiger charge is 2.43. The Bertz CT molecular complexity index is 1410. The largest absolute Gasteiger partial charge is 0.477 e. The molecule has 2 atom stereocenters. The number of hydrogen-bond acceptors (Lipinski definition) is 7. The fraction of sp³-hybridized carbons (Fsp3) is 0.536. The highest BCUT2D eigenvalue weighted by molar-refractivity contribution is 7.89. The zero-order valence-electron chi connectivity index (χ0n) is 22.1. The Kier molecular flexibility index (Phi) is 7.49. The number of aromatic nitrogens is 1. The third-order valence-electron chi connectivity index (χ3n) is 8.42. The van der Waals surface area contributed by atoms with Crippen LogP contribution in [0.3, 0.4) is 0 Å². The number of carbonyl (C=O) groups is 2. The van der Waals surface area contributed by atoms with Gasteiger partial charge in [-0.05, 0) is 55.9 Å². The second-order valence-corrected chi connectivity index (χ2v) is 13.3. The van der Waals surface area contributed by atoms with Crippen molar-refractivity contribution in [2.45, 2.75) is 36.5 Å². The smallest absolute Gasteiger partial charge is 0.254 e. The van der Waals surface area contributed by atoms with Gasteiger partial charge < -0.3 is 19.3 Å². The van der Waals surface area contributed by atoms with E-state index in [9.17, 15) is 18.0 Å². The summed E-state index contributed by atoms with van der Waals surface area (Å²) < 4.78 is 34.8. The van der Waals surface area contributed by atoms with Gasteiger partial charge in [0.15, 0.2) is 0 Å². The molecule has 214 valence electrons. The number of hydrogen-bond donors (Lipinski definition) is 1. The normalized spacial score (nSPS) is 23.4. The predicted octanol–water partition coefficient (Wildman–Crippen LogP) is 2.91. The first kappa shape index (κ1) is 27.4. The van der Waals surface area contributed by atoms with Crippen molar-refractivity contribution in [2.24, 2.45) is 22.9 Å². The van der Waals surface area contributed by atoms with E-state index < -0.39 is 10.0 Å². The topological polar surface area (TPSA) is 132 Å². The molecule has 4 fully saturated rings. The van der Waals surface area contributed by atoms with Crippen molar-refractivity contribution in [3.05, 3.63) is 52.2 Å². The van der Waals surface area contributed by atoms with Gasteiger partial charge in [0.25, 0.3) is 11.8 Å². The summed E-state index contributed by atoms with van der Waals surface area (Å²) in [6.45, 7) is 4.26. The lowest BCUT2D eigenvalue weighted by Gasteiger charge is -2.23. The molecule has 2 aromatic rings. The molecular formula is C28H33ClN4O6S. The number of fused-ring (bicyclic) bond motifs is 1. The van der Waals surface area contributed by atoms with Crippen LogP contribution in [0.5, 0.6) is 5.88 Å². The fourth-order valence-electron chi connectivity index (χ4n) is 5.98. The van der Waals surface area contributed by atoms with Gasteiger partial charge in [-0.2, -0.15) is 0 Å². The molecule has 3 saturated heterocycles. The van der Waals surface area contributed by atoms with Crippen LogP contribution >= 0.6 is 11.6 Å². The molecule has 3 aliphatic heterocycles. The van der Waals surface area contributed by atoms with Crippen LogP contribution < -0.4 is 9.88 Å². The minimum atomic E-state index is -3.97. The molecule has 0 unspecified atom stereocenters. The van der Waals surface area contributed by atoms with Crippen molar-refractivity contribution in [3.8, 4) is 5.88 Å². The Morgan fingerprint density at radius 2 is 1.57 bits per heavy atom. The quantitative estimate of drug-likeness (QED) is 0.526. The van der Waals surface area contributed by atoms with E-state index in [0.29, 0.717) is 61.6 Å². The third kappa shape index (κ3) is 5.83. The van der Waals surface area contributed by atoms with Gasteiger partial charge in [0.2, 0.25) is 15.9 Å². The first-order valence-corrected chi connectivity index (χ1v) is 15.7. The maximum atomic E-state index is 13.6. The molecule has 4 aliphatic rings. The van der Waals surface area contributed by atoms with E-state index in [2.05, 4.69) is 0 Å². The van der Waals surface area contributed by atoms with E-state index in [4.69, 9.17) is 31.2 Å². The van der Waals surface area contributed by atoms with Crippen molar-refractivity contribution in [2.75, 3.05) is 46.0 Å². The zero-order valence-corrected chi connectivity index (χ0v) is 23.7. The van der Waals surface area contributed by atoms with Crippen molar-refractivity contribution >= 4 is 33.4 Å². The number of sulfonamides is 1. The number of ether oxygens (including phenoxy) is 2. The maximum absolute atomic E-state index is 13.6. The van der Waals surface area contributed by atoms with Gasteiger partial charge in [0.1, 0.15) is 4.90 Å². The van der Waals surface area contributed by atoms with E-state index in [0.717, 1.165) is 44.6 Å². The van der Waals surface area contributed by atoms with Crippen LogP contribution in [-0.2, 0) is 14.8 Å². The summed E-state index contributed by atoms with van der Waals surface area (Å²) in [6, 6.07) is 7.72. The number of nitrogens with two attached hydrogens (primary N) is 1. The Morgan fingerprint density at radius 1 is 0.950 bits per heavy atom. The first-order valence-electron chi connectivity index (χ1n) is 13.8. The van der Waals surface area contributed by atoms with Gasteiger partial charge in [-0.15, -0.1) is 0 Å². The molecule has 6 rings (SSSR count). The molecule has 0 radical (unpaired) electrons. The van der Waals surface area contributed by atoms with Gasteiger partial charge >= 0.3 is 0 Å². The van der Waals surface area contributed by atoms with Crippen LogP contribution in [0.15, 0.2) is 35.2 Å². The van der Waals surface area contributed by atoms with E-state index >= 15 is 0 Å². The molecule has 4 heterocycles. The maximum Gasteiger partial charge on any atom is 0.254 e. The number of primary sulfonamides is 1. The lowest BCUT2D eigenvalue weighted by molar-refractivity contribution is 0.0490. The average molecular weight is 589 g/mol. The van der Waals surface area contributed by atoms with E-state index in [1.54, 1.807) is 11.0 Å². The number of halogens is 1. The monoisotopic (exact) mass is 588 g/mol. The highest BCUT2D eigenvalue weighted by atomic mass is 35.5. The van der Waals surface area contributed by atoms with Gasteiger partial charge in [-0.25, -0.2) is 18.5 Å². The van der Waals surface area contributed by atoms with Crippen molar-refractivity contribution in [1.82, 2.24) is 14.8 Å². The summed E-state index contributed by atoms with van der Waals surface area (Å²) in [5.74, 6) is 1.43. The summed E-state index contributed by atoms with van der Waals surface area (Å²) in [5, 5.41) is 5.09. The first-order chi connectivity index (χ1) is 19.2. The van der Waals surface area contributed by atoms with Crippen LogP contribution in [0.1, 0.15) is 58.0 Å². The van der Waals surface area contributed by atoms with Crippen LogP contribution in [0.4, 0.5) is 0 Å². The SMILES string of the molecule is NS(=O)(=O)c1ccc(C(=O)N2C[C@H]3CN(C(=O)c4cc(OCC5CCOCC5)nc(C5CC5)c4)C[C@@H]3C2)cc1Cl. The summed E-state index contributed by atoms with van der Waals surface area (Å²) >= 11 is 6.09. The lowest BCUT2D eigenvalue weighted by Crippen LogP contribution is -2.35. The summed E-state index contributed by atoms with van der Waals surface area (Å²) in [4.78, 5) is 34.8. The third-order valence-corrected chi connectivity index (χ3v) is 9.81. The molecule has 1 aliphatic carbocycles. The van der Waals surface area contributed by atoms with Crippen molar-refractivity contribution in [3.63, 3.8) is 0 Å². The molecule has 1 saturated carbocycles. The molecule has 10 nitrogen and oxygen atoms in total. The number of carbonyl (C=O) groups excluding carboxylic acids is 2. The van der Waals surface area contributed by atoms with E-state index in [1.807, 2.05) is 11.0 Å². The number of rotatable bonds is 7. The second kappa shape index (κ2) is 10.9. The minimum Gasteiger partial charge on any atom is -0.477 e. The fourth-order valence-corrected chi connectivity index (χ4v) is 7.07. The number of likely N-dealkylation sites (tertiary alicyclic amines) is 2. The minimum absolute atomic E-state index is 0.0298. The van der Waals surface area contributed by atoms with Crippen molar-refractivity contribution in [1.29, 1.82) is 0 Å². The molecule has 40 heavy (non-hydrogen) atoms. The van der Waals surface area contributed by atoms with Crippen LogP contribution in [0.2, 0.25) is 5.02 Å². The van der Waals surface area contributed by atoms with E-state index in [1.165, 1.54) is 18.2 Å². The molecule has 1 aromatic heterocycles. The number of amides is 2. The van der Waals surface area contributed by atoms with E-state index in [-0.39, 0.29) is 33.6 Å². The molecular weight excluding hydrogens is 556 g/mol.